The quantitative estimate of drug-likeness (QED) is 0.349. The molecule has 2 aromatic carbocycles. The van der Waals surface area contributed by atoms with Crippen LogP contribution in [-0.2, 0) is 16.6 Å². The van der Waals surface area contributed by atoms with Crippen LogP contribution in [0.25, 0.3) is 11.6 Å². The number of esters is 1. The van der Waals surface area contributed by atoms with Gasteiger partial charge in [-0.2, -0.15) is 0 Å². The molecule has 3 heteroatoms. The molecule has 0 spiro atoms. The van der Waals surface area contributed by atoms with Crippen LogP contribution in [0.15, 0.2) is 42.5 Å². The highest BCUT2D eigenvalue weighted by Gasteiger charge is 2.52. The minimum Gasteiger partial charge on any atom is -0.462 e. The third kappa shape index (κ3) is 4.60. The predicted octanol–water partition coefficient (Wildman–Crippen LogP) is 6.82. The molecule has 3 nitrogen and oxygen atoms in total. The van der Waals surface area contributed by atoms with Crippen molar-refractivity contribution in [3.05, 3.63) is 70.3 Å². The number of ether oxygens (including phenoxy) is 1. The van der Waals surface area contributed by atoms with E-state index in [1.807, 2.05) is 31.2 Å². The summed E-state index contributed by atoms with van der Waals surface area (Å²) in [5, 5.41) is 9.51. The Bertz CT molecular complexity index is 1030. The summed E-state index contributed by atoms with van der Waals surface area (Å²) in [5.74, 6) is 2.47. The van der Waals surface area contributed by atoms with Crippen molar-refractivity contribution < 1.29 is 14.6 Å². The summed E-state index contributed by atoms with van der Waals surface area (Å²) >= 11 is 0. The minimum absolute atomic E-state index is 0.253. The number of benzene rings is 2. The van der Waals surface area contributed by atoms with Gasteiger partial charge in [-0.15, -0.1) is 0 Å². The molecule has 1 N–H and O–H groups in total. The average molecular weight is 459 g/mol. The van der Waals surface area contributed by atoms with Crippen molar-refractivity contribution in [3.8, 4) is 0 Å². The van der Waals surface area contributed by atoms with E-state index in [1.165, 1.54) is 55.2 Å². The Hall–Kier alpha value is -2.39. The summed E-state index contributed by atoms with van der Waals surface area (Å²) in [7, 11) is 0. The second-order valence-electron chi connectivity index (χ2n) is 11.1. The molecule has 0 radical (unpaired) electrons. The van der Waals surface area contributed by atoms with Crippen LogP contribution >= 0.6 is 0 Å². The Labute approximate surface area is 204 Å². The molecule has 34 heavy (non-hydrogen) atoms. The van der Waals surface area contributed by atoms with Crippen LogP contribution in [0.5, 0.6) is 0 Å². The predicted molar refractivity (Wildman–Crippen MR) is 138 cm³/mol. The minimum atomic E-state index is -0.270. The summed E-state index contributed by atoms with van der Waals surface area (Å²) in [5.41, 5.74) is 7.57. The second kappa shape index (κ2) is 9.70. The van der Waals surface area contributed by atoms with E-state index in [-0.39, 0.29) is 12.6 Å². The van der Waals surface area contributed by atoms with E-state index in [4.69, 9.17) is 4.74 Å². The first-order valence-electron chi connectivity index (χ1n) is 13.2. The van der Waals surface area contributed by atoms with Crippen LogP contribution in [0.3, 0.4) is 0 Å². The molecule has 4 aliphatic carbocycles. The van der Waals surface area contributed by atoms with Gasteiger partial charge in [-0.1, -0.05) is 36.4 Å². The van der Waals surface area contributed by atoms with E-state index < -0.39 is 0 Å². The van der Waals surface area contributed by atoms with Gasteiger partial charge in [-0.3, -0.25) is 0 Å². The zero-order valence-electron chi connectivity index (χ0n) is 20.7. The van der Waals surface area contributed by atoms with Gasteiger partial charge in [0.05, 0.1) is 12.2 Å². The largest absolute Gasteiger partial charge is 0.462 e. The molecular formula is C31H38O3. The van der Waals surface area contributed by atoms with Crippen LogP contribution in [-0.4, -0.2) is 24.3 Å². The molecule has 0 aromatic heterocycles. The summed E-state index contributed by atoms with van der Waals surface area (Å²) in [6, 6.07) is 14.7. The average Bonchev–Trinajstić information content (AvgIpc) is 2.82. The van der Waals surface area contributed by atoms with Gasteiger partial charge >= 0.3 is 5.97 Å². The third-order valence-electron chi connectivity index (χ3n) is 8.58. The van der Waals surface area contributed by atoms with Gasteiger partial charge in [0.2, 0.25) is 0 Å². The van der Waals surface area contributed by atoms with E-state index in [1.54, 1.807) is 5.56 Å². The Morgan fingerprint density at radius 2 is 1.62 bits per heavy atom. The Morgan fingerprint density at radius 3 is 2.21 bits per heavy atom. The molecule has 4 saturated carbocycles. The van der Waals surface area contributed by atoms with E-state index in [0.29, 0.717) is 17.6 Å². The number of aliphatic hydroxyl groups is 1. The van der Waals surface area contributed by atoms with Gasteiger partial charge in [0.15, 0.2) is 0 Å². The molecule has 0 unspecified atom stereocenters. The highest BCUT2D eigenvalue weighted by molar-refractivity contribution is 5.90. The monoisotopic (exact) mass is 458 g/mol. The number of carbonyl (C=O) groups excluding carboxylic acids is 1. The lowest BCUT2D eigenvalue weighted by Crippen LogP contribution is -2.49. The van der Waals surface area contributed by atoms with E-state index in [9.17, 15) is 9.90 Å². The van der Waals surface area contributed by atoms with E-state index in [0.717, 1.165) is 36.2 Å². The molecule has 0 heterocycles. The van der Waals surface area contributed by atoms with Crippen LogP contribution in [0.4, 0.5) is 0 Å². The standard InChI is InChI=1S/C31H38O3/c1-3-34-30(33)27-8-6-22(7-9-27)13-21(2)28-11-10-26(5-4-12-32)29(17-28)31-18-23-14-24(19-31)16-25(15-23)20-31/h6-11,13,17,23-25,32H,3-5,12,14-16,18-20H2,1-2H3. The molecule has 4 aliphatic rings. The second-order valence-corrected chi connectivity index (χ2v) is 11.1. The number of carbonyl (C=O) groups is 1. The lowest BCUT2D eigenvalue weighted by Gasteiger charge is -2.57. The number of allylic oxidation sites excluding steroid dienone is 1. The topological polar surface area (TPSA) is 46.5 Å². The van der Waals surface area contributed by atoms with Gasteiger partial charge in [-0.25, -0.2) is 4.79 Å². The van der Waals surface area contributed by atoms with Crippen molar-refractivity contribution in [1.29, 1.82) is 0 Å². The Balaban J connectivity index is 1.45. The van der Waals surface area contributed by atoms with Crippen molar-refractivity contribution in [1.82, 2.24) is 0 Å². The number of hydrogen-bond donors (Lipinski definition) is 1. The zero-order valence-corrected chi connectivity index (χ0v) is 20.7. The fourth-order valence-corrected chi connectivity index (χ4v) is 7.51. The first-order chi connectivity index (χ1) is 16.5. The molecule has 0 atom stereocenters. The van der Waals surface area contributed by atoms with Crippen molar-refractivity contribution in [2.75, 3.05) is 13.2 Å². The fraction of sp³-hybridized carbons (Fsp3) is 0.516. The molecule has 6 rings (SSSR count). The summed E-state index contributed by atoms with van der Waals surface area (Å²) in [6.45, 7) is 4.65. The van der Waals surface area contributed by atoms with Gasteiger partial charge in [-0.05, 0) is 128 Å². The SMILES string of the molecule is CCOC(=O)c1ccc(C=C(C)c2ccc(CCCO)c(C34CC5CC(CC(C5)C3)C4)c2)cc1. The normalized spacial score (nSPS) is 27.7. The molecule has 4 bridgehead atoms. The van der Waals surface area contributed by atoms with Crippen LogP contribution in [0, 0.1) is 17.8 Å². The highest BCUT2D eigenvalue weighted by atomic mass is 16.5. The fourth-order valence-electron chi connectivity index (χ4n) is 7.51. The molecule has 0 amide bonds. The van der Waals surface area contributed by atoms with Gasteiger partial charge in [0.1, 0.15) is 0 Å². The summed E-state index contributed by atoms with van der Waals surface area (Å²) < 4.78 is 5.10. The number of aliphatic hydroxyl groups excluding tert-OH is 1. The van der Waals surface area contributed by atoms with Gasteiger partial charge in [0.25, 0.3) is 0 Å². The first-order valence-corrected chi connectivity index (χ1v) is 13.2. The van der Waals surface area contributed by atoms with Crippen molar-refractivity contribution in [2.24, 2.45) is 17.8 Å². The van der Waals surface area contributed by atoms with E-state index >= 15 is 0 Å². The van der Waals surface area contributed by atoms with Gasteiger partial charge in [0, 0.05) is 6.61 Å². The van der Waals surface area contributed by atoms with E-state index in [2.05, 4.69) is 31.2 Å². The first kappa shape index (κ1) is 23.4. The van der Waals surface area contributed by atoms with Crippen LogP contribution in [0.1, 0.15) is 91.4 Å². The molecule has 180 valence electrons. The molecule has 0 aliphatic heterocycles. The highest BCUT2D eigenvalue weighted by Crippen LogP contribution is 2.61. The van der Waals surface area contributed by atoms with Crippen LogP contribution in [0.2, 0.25) is 0 Å². The molecular weight excluding hydrogens is 420 g/mol. The summed E-state index contributed by atoms with van der Waals surface area (Å²) in [6.07, 6.45) is 12.4. The summed E-state index contributed by atoms with van der Waals surface area (Å²) in [4.78, 5) is 12.0. The lowest BCUT2D eigenvalue weighted by atomic mass is 9.47. The van der Waals surface area contributed by atoms with Gasteiger partial charge < -0.3 is 9.84 Å². The lowest BCUT2D eigenvalue weighted by molar-refractivity contribution is -0.00561. The van der Waals surface area contributed by atoms with Crippen molar-refractivity contribution >= 4 is 17.6 Å². The number of aryl methyl sites for hydroxylation is 1. The Morgan fingerprint density at radius 1 is 1.00 bits per heavy atom. The third-order valence-corrected chi connectivity index (χ3v) is 8.58. The zero-order chi connectivity index (χ0) is 23.7. The maximum absolute atomic E-state index is 12.0. The maximum atomic E-state index is 12.0. The molecule has 0 saturated heterocycles. The smallest absolute Gasteiger partial charge is 0.338 e. The van der Waals surface area contributed by atoms with Crippen molar-refractivity contribution in [3.63, 3.8) is 0 Å². The Kier molecular flexibility index (Phi) is 6.66. The van der Waals surface area contributed by atoms with Crippen molar-refractivity contribution in [2.45, 2.75) is 70.6 Å². The number of rotatable bonds is 8. The molecule has 2 aromatic rings. The van der Waals surface area contributed by atoms with Crippen LogP contribution < -0.4 is 0 Å². The maximum Gasteiger partial charge on any atom is 0.338 e. The molecule has 4 fully saturated rings. The number of hydrogen-bond acceptors (Lipinski definition) is 3.